The molecule has 0 aliphatic carbocycles. The van der Waals surface area contributed by atoms with Crippen molar-refractivity contribution in [3.8, 4) is 5.75 Å². The van der Waals surface area contributed by atoms with E-state index in [0.717, 1.165) is 12.1 Å². The summed E-state index contributed by atoms with van der Waals surface area (Å²) in [5.41, 5.74) is -1.13. The van der Waals surface area contributed by atoms with Crippen LogP contribution in [0.3, 0.4) is 0 Å². The van der Waals surface area contributed by atoms with E-state index in [1.165, 1.54) is 12.1 Å². The molecule has 0 saturated carbocycles. The molecule has 8 heteroatoms. The lowest BCUT2D eigenvalue weighted by Gasteiger charge is -2.27. The highest BCUT2D eigenvalue weighted by molar-refractivity contribution is 8.00. The Morgan fingerprint density at radius 3 is 1.90 bits per heavy atom. The third-order valence-corrected chi connectivity index (χ3v) is 5.09. The molecule has 2 rings (SSSR count). The van der Waals surface area contributed by atoms with Gasteiger partial charge in [0, 0.05) is 0 Å². The van der Waals surface area contributed by atoms with Gasteiger partial charge in [-0.05, 0) is 63.1 Å². The topological polar surface area (TPSA) is 35.5 Å². The molecular weight excluding hydrogens is 445 g/mol. The molecule has 0 spiro atoms. The molecule has 31 heavy (non-hydrogen) atoms. The number of hydrogen-bond acceptors (Lipinski definition) is 5. The van der Waals surface area contributed by atoms with Gasteiger partial charge in [-0.3, -0.25) is 0 Å². The molecule has 0 fully saturated rings. The van der Waals surface area contributed by atoms with E-state index < -0.39 is 27.4 Å². The van der Waals surface area contributed by atoms with Crippen LogP contribution in [0.1, 0.15) is 58.2 Å². The lowest BCUT2D eigenvalue weighted by molar-refractivity contribution is -0.163. The fourth-order valence-electron chi connectivity index (χ4n) is 2.53. The second kappa shape index (κ2) is 10.7. The smallest absolute Gasteiger partial charge is 0.416 e. The first-order valence-electron chi connectivity index (χ1n) is 9.86. The van der Waals surface area contributed by atoms with Crippen LogP contribution in [0.4, 0.5) is 13.2 Å². The minimum atomic E-state index is -4.46. The molecule has 2 aromatic carbocycles. The fraction of sp³-hybridized carbons (Fsp3) is 0.435. The Morgan fingerprint density at radius 2 is 1.42 bits per heavy atom. The molecule has 0 aliphatic heterocycles. The average Bonchev–Trinajstić information content (AvgIpc) is 2.68. The maximum Gasteiger partial charge on any atom is 0.416 e. The van der Waals surface area contributed by atoms with E-state index in [1.54, 1.807) is 52.0 Å². The summed E-state index contributed by atoms with van der Waals surface area (Å²) in [7, 11) is 0. The Bertz CT molecular complexity index is 861. The maximum atomic E-state index is 13.0. The van der Waals surface area contributed by atoms with Crippen LogP contribution in [-0.4, -0.2) is 17.7 Å². The summed E-state index contributed by atoms with van der Waals surface area (Å²) in [6.07, 6.45) is -4.73. The summed E-state index contributed by atoms with van der Waals surface area (Å²) in [6.45, 7) is 10.7. The van der Waals surface area contributed by atoms with Gasteiger partial charge in [0.2, 0.25) is 0 Å². The number of thiol groups is 2. The van der Waals surface area contributed by atoms with Crippen molar-refractivity contribution < 1.29 is 27.4 Å². The van der Waals surface area contributed by atoms with Gasteiger partial charge in [0.1, 0.15) is 9.83 Å². The normalized spacial score (nSPS) is 12.1. The number of carbonyl (C=O) groups excluding carboxylic acids is 1. The summed E-state index contributed by atoms with van der Waals surface area (Å²) in [5, 5.41) is 0. The molecule has 0 saturated heterocycles. The minimum absolute atomic E-state index is 0.269. The van der Waals surface area contributed by atoms with Crippen molar-refractivity contribution in [3.05, 3.63) is 65.2 Å². The Kier molecular flexibility index (Phi) is 9.38. The van der Waals surface area contributed by atoms with Crippen molar-refractivity contribution in [2.24, 2.45) is 0 Å². The van der Waals surface area contributed by atoms with Gasteiger partial charge in [-0.25, -0.2) is 4.79 Å². The lowest BCUT2D eigenvalue weighted by Crippen LogP contribution is -2.40. The van der Waals surface area contributed by atoms with Crippen molar-refractivity contribution in [1.29, 1.82) is 0 Å². The molecule has 172 valence electrons. The number of rotatable bonds is 6. The number of carbonyl (C=O) groups is 1. The molecule has 0 heterocycles. The highest BCUT2D eigenvalue weighted by Gasteiger charge is 2.34. The first-order chi connectivity index (χ1) is 14.2. The van der Waals surface area contributed by atoms with Gasteiger partial charge in [0.15, 0.2) is 5.60 Å². The first-order valence-corrected chi connectivity index (χ1v) is 10.8. The van der Waals surface area contributed by atoms with E-state index in [0.29, 0.717) is 11.3 Å². The fourth-order valence-corrected chi connectivity index (χ4v) is 3.10. The zero-order chi connectivity index (χ0) is 24.0. The van der Waals surface area contributed by atoms with Crippen molar-refractivity contribution in [1.82, 2.24) is 0 Å². The monoisotopic (exact) mass is 474 g/mol. The van der Waals surface area contributed by atoms with Gasteiger partial charge < -0.3 is 9.47 Å². The van der Waals surface area contributed by atoms with E-state index in [-0.39, 0.29) is 11.7 Å². The van der Waals surface area contributed by atoms with E-state index in [4.69, 9.17) is 9.47 Å². The van der Waals surface area contributed by atoms with Crippen molar-refractivity contribution >= 4 is 31.2 Å². The van der Waals surface area contributed by atoms with Crippen LogP contribution in [0.5, 0.6) is 5.75 Å². The Morgan fingerprint density at radius 1 is 0.903 bits per heavy atom. The number of halogens is 3. The van der Waals surface area contributed by atoms with Gasteiger partial charge in [-0.15, -0.1) is 0 Å². The summed E-state index contributed by atoms with van der Waals surface area (Å²) in [4.78, 5) is 12.1. The van der Waals surface area contributed by atoms with Gasteiger partial charge in [0.05, 0.1) is 11.7 Å². The summed E-state index contributed by atoms with van der Waals surface area (Å²) in [5.74, 6) is -0.0979. The summed E-state index contributed by atoms with van der Waals surface area (Å²) < 4.78 is 48.7. The SMILES string of the molecule is CC.CC(C)OC(=O)C(C)(C)Oc1ccc(C(S)(S)c2cccc(C(F)(F)F)c2)cc1. The van der Waals surface area contributed by atoms with E-state index >= 15 is 0 Å². The Labute approximate surface area is 193 Å². The molecule has 0 bridgehead atoms. The molecule has 0 aromatic heterocycles. The number of hydrogen-bond donors (Lipinski definition) is 2. The molecule has 0 unspecified atom stereocenters. The number of benzene rings is 2. The van der Waals surface area contributed by atoms with Gasteiger partial charge in [-0.1, -0.05) is 38.1 Å². The lowest BCUT2D eigenvalue weighted by atomic mass is 10.0. The Hall–Kier alpha value is -1.80. The molecule has 0 radical (unpaired) electrons. The first kappa shape index (κ1) is 27.2. The largest absolute Gasteiger partial charge is 0.476 e. The van der Waals surface area contributed by atoms with E-state index in [1.807, 2.05) is 13.8 Å². The second-order valence-corrected chi connectivity index (χ2v) is 9.04. The second-order valence-electron chi connectivity index (χ2n) is 7.34. The maximum absolute atomic E-state index is 13.0. The molecular formula is C23H29F3O3S2. The summed E-state index contributed by atoms with van der Waals surface area (Å²) >= 11 is 8.96. The molecule has 3 nitrogen and oxygen atoms in total. The van der Waals surface area contributed by atoms with Crippen LogP contribution in [0.15, 0.2) is 48.5 Å². The van der Waals surface area contributed by atoms with Crippen molar-refractivity contribution in [2.45, 2.75) is 63.5 Å². The minimum Gasteiger partial charge on any atom is -0.476 e. The van der Waals surface area contributed by atoms with Gasteiger partial charge in [0.25, 0.3) is 0 Å². The van der Waals surface area contributed by atoms with Gasteiger partial charge >= 0.3 is 12.1 Å². The zero-order valence-electron chi connectivity index (χ0n) is 18.4. The van der Waals surface area contributed by atoms with Crippen molar-refractivity contribution in [2.75, 3.05) is 0 Å². The van der Waals surface area contributed by atoms with E-state index in [2.05, 4.69) is 25.3 Å². The van der Waals surface area contributed by atoms with Crippen LogP contribution in [-0.2, 0) is 19.8 Å². The Balaban J connectivity index is 0.00000233. The molecule has 0 aliphatic rings. The number of esters is 1. The number of ether oxygens (including phenoxy) is 2. The van der Waals surface area contributed by atoms with Crippen LogP contribution in [0.2, 0.25) is 0 Å². The highest BCUT2D eigenvalue weighted by atomic mass is 32.2. The van der Waals surface area contributed by atoms with Crippen molar-refractivity contribution in [3.63, 3.8) is 0 Å². The predicted molar refractivity (Wildman–Crippen MR) is 124 cm³/mol. The zero-order valence-corrected chi connectivity index (χ0v) is 20.2. The van der Waals surface area contributed by atoms with Gasteiger partial charge in [-0.2, -0.15) is 38.4 Å². The molecule has 0 N–H and O–H groups in total. The third kappa shape index (κ3) is 7.38. The average molecular weight is 475 g/mol. The molecule has 0 amide bonds. The number of alkyl halides is 3. The molecule has 2 aromatic rings. The summed E-state index contributed by atoms with van der Waals surface area (Å²) in [6, 6.07) is 11.4. The van der Waals surface area contributed by atoms with Crippen LogP contribution in [0, 0.1) is 0 Å². The standard InChI is InChI=1S/C21H23F3O3S2.C2H6/c1-13(2)26-18(25)19(3,4)27-17-10-8-14(9-11-17)20(28,29)15-6-5-7-16(12-15)21(22,23)24;1-2/h5-13,28-29H,1-4H3;1-2H3. The predicted octanol–water partition coefficient (Wildman–Crippen LogP) is 6.90. The molecule has 0 atom stereocenters. The third-order valence-electron chi connectivity index (χ3n) is 4.06. The van der Waals surface area contributed by atoms with Crippen LogP contribution in [0.25, 0.3) is 0 Å². The van der Waals surface area contributed by atoms with Crippen LogP contribution >= 0.6 is 25.3 Å². The quantitative estimate of drug-likeness (QED) is 0.272. The highest BCUT2D eigenvalue weighted by Crippen LogP contribution is 2.42. The van der Waals surface area contributed by atoms with Crippen LogP contribution < -0.4 is 4.74 Å². The van der Waals surface area contributed by atoms with E-state index in [9.17, 15) is 18.0 Å².